The Hall–Kier alpha value is -2.86. The van der Waals surface area contributed by atoms with Crippen LogP contribution in [0, 0.1) is 6.92 Å². The van der Waals surface area contributed by atoms with Gasteiger partial charge >= 0.3 is 0 Å². The molecular weight excluding hydrogens is 326 g/mol. The maximum absolute atomic E-state index is 11.1. The Bertz CT molecular complexity index is 970. The van der Waals surface area contributed by atoms with Crippen molar-refractivity contribution in [2.24, 2.45) is 0 Å². The highest BCUT2D eigenvalue weighted by atomic mass is 32.2. The molecule has 0 amide bonds. The predicted octanol–water partition coefficient (Wildman–Crippen LogP) is 3.61. The van der Waals surface area contributed by atoms with Crippen molar-refractivity contribution in [3.05, 3.63) is 65.7 Å². The van der Waals surface area contributed by atoms with Crippen molar-refractivity contribution < 1.29 is 17.4 Å². The molecule has 0 aliphatic rings. The van der Waals surface area contributed by atoms with Gasteiger partial charge in [-0.05, 0) is 42.6 Å². The summed E-state index contributed by atoms with van der Waals surface area (Å²) in [7, 11) is -3.07. The van der Waals surface area contributed by atoms with Crippen LogP contribution in [0.2, 0.25) is 0 Å². The summed E-state index contributed by atoms with van der Waals surface area (Å²) in [5.74, 6) is 0.210. The van der Waals surface area contributed by atoms with Crippen molar-refractivity contribution in [1.29, 1.82) is 0 Å². The molecule has 0 aromatic heterocycles. The molecule has 0 heterocycles. The maximum Gasteiger partial charge on any atom is 0.299 e. The van der Waals surface area contributed by atoms with Crippen LogP contribution in [0.1, 0.15) is 15.9 Å². The fourth-order valence-electron chi connectivity index (χ4n) is 2.46. The standard InChI is InChI=1S/C18H15NO4S/c1-12-2-6-15(7-3-12)19-17-9-5-14-10-13(11-20)4-8-16(14)18(17)23-24(21)22/h2-11,19,24H,1H3. The average Bonchev–Trinajstić information content (AvgIpc) is 2.58. The molecule has 0 spiro atoms. The largest absolute Gasteiger partial charge is 0.381 e. The summed E-state index contributed by atoms with van der Waals surface area (Å²) in [6, 6.07) is 16.2. The van der Waals surface area contributed by atoms with Gasteiger partial charge in [-0.2, -0.15) is 8.42 Å². The third-order valence-electron chi connectivity index (χ3n) is 3.63. The Labute approximate surface area is 141 Å². The molecule has 0 saturated carbocycles. The smallest absolute Gasteiger partial charge is 0.299 e. The van der Waals surface area contributed by atoms with E-state index in [-0.39, 0.29) is 5.75 Å². The number of hydrogen-bond donors (Lipinski definition) is 2. The third kappa shape index (κ3) is 3.38. The zero-order valence-corrected chi connectivity index (χ0v) is 13.7. The topological polar surface area (TPSA) is 72.5 Å². The average molecular weight is 341 g/mol. The number of aryl methyl sites for hydroxylation is 1. The normalized spacial score (nSPS) is 10.8. The van der Waals surface area contributed by atoms with Crippen LogP contribution >= 0.6 is 0 Å². The van der Waals surface area contributed by atoms with Gasteiger partial charge in [-0.1, -0.05) is 29.8 Å². The molecule has 3 rings (SSSR count). The van der Waals surface area contributed by atoms with Crippen LogP contribution in [0.5, 0.6) is 5.75 Å². The monoisotopic (exact) mass is 341 g/mol. The first kappa shape index (κ1) is 16.0. The van der Waals surface area contributed by atoms with Crippen molar-refractivity contribution in [2.45, 2.75) is 6.92 Å². The van der Waals surface area contributed by atoms with Gasteiger partial charge in [0.05, 0.1) is 5.69 Å². The second-order valence-corrected chi connectivity index (χ2v) is 5.98. The van der Waals surface area contributed by atoms with Crippen LogP contribution in [-0.4, -0.2) is 14.7 Å². The number of rotatable bonds is 5. The van der Waals surface area contributed by atoms with E-state index >= 15 is 0 Å². The number of fused-ring (bicyclic) bond motifs is 1. The molecule has 6 heteroatoms. The highest BCUT2D eigenvalue weighted by molar-refractivity contribution is 7.67. The van der Waals surface area contributed by atoms with Crippen molar-refractivity contribution in [3.63, 3.8) is 0 Å². The zero-order valence-electron chi connectivity index (χ0n) is 12.9. The van der Waals surface area contributed by atoms with Crippen LogP contribution in [0.4, 0.5) is 11.4 Å². The van der Waals surface area contributed by atoms with Crippen LogP contribution in [0.15, 0.2) is 54.6 Å². The van der Waals surface area contributed by atoms with E-state index in [4.69, 9.17) is 4.18 Å². The molecule has 24 heavy (non-hydrogen) atoms. The van der Waals surface area contributed by atoms with Gasteiger partial charge in [0.2, 0.25) is 0 Å². The van der Waals surface area contributed by atoms with Gasteiger partial charge in [0, 0.05) is 16.6 Å². The summed E-state index contributed by atoms with van der Waals surface area (Å²) >= 11 is 0. The second kappa shape index (κ2) is 6.72. The number of benzene rings is 3. The Kier molecular flexibility index (Phi) is 4.48. The van der Waals surface area contributed by atoms with Crippen molar-refractivity contribution in [3.8, 4) is 5.75 Å². The van der Waals surface area contributed by atoms with E-state index in [1.807, 2.05) is 37.3 Å². The van der Waals surface area contributed by atoms with Gasteiger partial charge in [-0.15, -0.1) is 0 Å². The first-order valence-electron chi connectivity index (χ1n) is 7.25. The van der Waals surface area contributed by atoms with Crippen molar-refractivity contribution >= 4 is 39.4 Å². The van der Waals surface area contributed by atoms with Gasteiger partial charge in [-0.25, -0.2) is 0 Å². The number of aldehydes is 1. The molecule has 0 aliphatic heterocycles. The lowest BCUT2D eigenvalue weighted by atomic mass is 10.1. The number of carbonyl (C=O) groups is 1. The summed E-state index contributed by atoms with van der Waals surface area (Å²) in [5.41, 5.74) is 2.98. The molecule has 122 valence electrons. The van der Waals surface area contributed by atoms with Gasteiger partial charge in [0.1, 0.15) is 6.29 Å². The Morgan fingerprint density at radius 1 is 1.00 bits per heavy atom. The van der Waals surface area contributed by atoms with Gasteiger partial charge < -0.3 is 9.50 Å². The number of nitrogens with one attached hydrogen (secondary N) is 1. The lowest BCUT2D eigenvalue weighted by Gasteiger charge is -2.13. The molecule has 5 nitrogen and oxygen atoms in total. The molecular formula is C18H15NO4S. The Morgan fingerprint density at radius 3 is 2.42 bits per heavy atom. The molecule has 3 aromatic carbocycles. The predicted molar refractivity (Wildman–Crippen MR) is 94.7 cm³/mol. The fourth-order valence-corrected chi connectivity index (χ4v) is 2.80. The van der Waals surface area contributed by atoms with Gasteiger partial charge in [0.15, 0.2) is 5.75 Å². The summed E-state index contributed by atoms with van der Waals surface area (Å²) in [6.45, 7) is 1.99. The lowest BCUT2D eigenvalue weighted by Crippen LogP contribution is -1.98. The molecule has 0 radical (unpaired) electrons. The highest BCUT2D eigenvalue weighted by Crippen LogP contribution is 2.36. The lowest BCUT2D eigenvalue weighted by molar-refractivity contribution is 0.112. The molecule has 0 saturated heterocycles. The minimum atomic E-state index is -3.07. The number of thiol groups is 1. The van der Waals surface area contributed by atoms with E-state index in [9.17, 15) is 13.2 Å². The van der Waals surface area contributed by atoms with Crippen LogP contribution in [-0.2, 0) is 11.0 Å². The third-order valence-corrected chi connectivity index (χ3v) is 3.96. The number of carbonyl (C=O) groups excluding carboxylic acids is 1. The molecule has 0 aliphatic carbocycles. The van der Waals surface area contributed by atoms with E-state index < -0.39 is 11.0 Å². The van der Waals surface area contributed by atoms with Gasteiger partial charge in [0.25, 0.3) is 11.0 Å². The summed E-state index contributed by atoms with van der Waals surface area (Å²) in [5, 5.41) is 4.50. The van der Waals surface area contributed by atoms with Crippen molar-refractivity contribution in [2.75, 3.05) is 5.32 Å². The van der Waals surface area contributed by atoms with Gasteiger partial charge in [-0.3, -0.25) is 4.79 Å². The van der Waals surface area contributed by atoms with E-state index in [1.54, 1.807) is 24.3 Å². The fraction of sp³-hybridized carbons (Fsp3) is 0.0556. The number of hydrogen-bond acceptors (Lipinski definition) is 5. The molecule has 0 bridgehead atoms. The SMILES string of the molecule is Cc1ccc(Nc2ccc3cc(C=O)ccc3c2O[SH](=O)=O)cc1. The highest BCUT2D eigenvalue weighted by Gasteiger charge is 2.11. The van der Waals surface area contributed by atoms with E-state index in [1.165, 1.54) is 0 Å². The minimum absolute atomic E-state index is 0.210. The molecule has 3 aromatic rings. The molecule has 0 atom stereocenters. The van der Waals surface area contributed by atoms with Crippen LogP contribution < -0.4 is 9.50 Å². The first-order valence-corrected chi connectivity index (χ1v) is 8.34. The zero-order chi connectivity index (χ0) is 17.1. The van der Waals surface area contributed by atoms with E-state index in [0.717, 1.165) is 22.9 Å². The summed E-state index contributed by atoms with van der Waals surface area (Å²) < 4.78 is 27.3. The summed E-state index contributed by atoms with van der Waals surface area (Å²) in [4.78, 5) is 10.9. The molecule has 1 N–H and O–H groups in total. The van der Waals surface area contributed by atoms with Crippen molar-refractivity contribution in [1.82, 2.24) is 0 Å². The molecule has 0 unspecified atom stereocenters. The minimum Gasteiger partial charge on any atom is -0.381 e. The van der Waals surface area contributed by atoms with E-state index in [2.05, 4.69) is 5.32 Å². The first-order chi connectivity index (χ1) is 11.6. The maximum atomic E-state index is 11.1. The molecule has 0 fully saturated rings. The van der Waals surface area contributed by atoms with Crippen LogP contribution in [0.3, 0.4) is 0 Å². The Balaban J connectivity index is 2.11. The quantitative estimate of drug-likeness (QED) is 0.548. The second-order valence-electron chi connectivity index (χ2n) is 5.35. The van der Waals surface area contributed by atoms with Crippen LogP contribution in [0.25, 0.3) is 10.8 Å². The van der Waals surface area contributed by atoms with E-state index in [0.29, 0.717) is 16.6 Å². The Morgan fingerprint density at radius 2 is 1.75 bits per heavy atom. The summed E-state index contributed by atoms with van der Waals surface area (Å²) in [6.07, 6.45) is 0.743. The number of anilines is 2.